The Morgan fingerprint density at radius 2 is 2.17 bits per heavy atom. The van der Waals surface area contributed by atoms with Gasteiger partial charge in [0.2, 0.25) is 0 Å². The number of hydrogen-bond donors (Lipinski definition) is 0. The van der Waals surface area contributed by atoms with E-state index in [0.717, 1.165) is 11.3 Å². The molecule has 0 saturated carbocycles. The van der Waals surface area contributed by atoms with Crippen molar-refractivity contribution in [1.82, 2.24) is 9.55 Å². The van der Waals surface area contributed by atoms with Crippen LogP contribution in [0.2, 0.25) is 0 Å². The van der Waals surface area contributed by atoms with Gasteiger partial charge in [0.25, 0.3) is 0 Å². The SMILES string of the molecule is CCCCC(C)n1c(CCl)nc2ccc(C)cc21. The van der Waals surface area contributed by atoms with Crippen molar-refractivity contribution in [1.29, 1.82) is 0 Å². The van der Waals surface area contributed by atoms with Gasteiger partial charge in [0, 0.05) is 6.04 Å². The maximum absolute atomic E-state index is 6.04. The molecule has 0 saturated heterocycles. The normalized spacial score (nSPS) is 13.1. The van der Waals surface area contributed by atoms with Crippen LogP contribution in [0.15, 0.2) is 18.2 Å². The summed E-state index contributed by atoms with van der Waals surface area (Å²) in [6, 6.07) is 6.87. The summed E-state index contributed by atoms with van der Waals surface area (Å²) in [5.74, 6) is 1.46. The van der Waals surface area contributed by atoms with Gasteiger partial charge in [-0.05, 0) is 38.0 Å². The summed E-state index contributed by atoms with van der Waals surface area (Å²) in [5, 5.41) is 0. The van der Waals surface area contributed by atoms with Gasteiger partial charge in [0.1, 0.15) is 5.82 Å². The molecule has 2 rings (SSSR count). The van der Waals surface area contributed by atoms with Crippen LogP contribution in [-0.2, 0) is 5.88 Å². The molecule has 1 aromatic heterocycles. The molecule has 0 aliphatic carbocycles. The fourth-order valence-electron chi connectivity index (χ4n) is 2.47. The van der Waals surface area contributed by atoms with E-state index in [1.165, 1.54) is 30.3 Å². The van der Waals surface area contributed by atoms with E-state index in [-0.39, 0.29) is 0 Å². The highest BCUT2D eigenvalue weighted by Crippen LogP contribution is 2.26. The van der Waals surface area contributed by atoms with E-state index in [2.05, 4.69) is 48.5 Å². The van der Waals surface area contributed by atoms with E-state index >= 15 is 0 Å². The summed E-state index contributed by atoms with van der Waals surface area (Å²) in [5.41, 5.74) is 3.54. The first-order valence-corrected chi connectivity index (χ1v) is 7.24. The first kappa shape index (κ1) is 13.4. The molecule has 0 aliphatic heterocycles. The molecule has 0 radical (unpaired) electrons. The zero-order valence-corrected chi connectivity index (χ0v) is 12.2. The van der Waals surface area contributed by atoms with Gasteiger partial charge in [0.05, 0.1) is 16.9 Å². The second-order valence-corrected chi connectivity index (χ2v) is 5.28. The molecule has 0 N–H and O–H groups in total. The average Bonchev–Trinajstić information content (AvgIpc) is 2.73. The molecular weight excluding hydrogens is 244 g/mol. The zero-order chi connectivity index (χ0) is 13.1. The lowest BCUT2D eigenvalue weighted by molar-refractivity contribution is 0.485. The second-order valence-electron chi connectivity index (χ2n) is 5.02. The summed E-state index contributed by atoms with van der Waals surface area (Å²) < 4.78 is 2.31. The minimum absolute atomic E-state index is 0.463. The van der Waals surface area contributed by atoms with Gasteiger partial charge in [0.15, 0.2) is 0 Å². The molecule has 3 heteroatoms. The van der Waals surface area contributed by atoms with E-state index in [0.29, 0.717) is 11.9 Å². The van der Waals surface area contributed by atoms with Crippen molar-refractivity contribution < 1.29 is 0 Å². The van der Waals surface area contributed by atoms with Gasteiger partial charge in [-0.15, -0.1) is 11.6 Å². The summed E-state index contributed by atoms with van der Waals surface area (Å²) in [7, 11) is 0. The minimum Gasteiger partial charge on any atom is -0.324 e. The quantitative estimate of drug-likeness (QED) is 0.707. The van der Waals surface area contributed by atoms with Crippen LogP contribution in [-0.4, -0.2) is 9.55 Å². The van der Waals surface area contributed by atoms with Gasteiger partial charge in [-0.3, -0.25) is 0 Å². The number of nitrogens with zero attached hydrogens (tertiary/aromatic N) is 2. The fourth-order valence-corrected chi connectivity index (χ4v) is 2.66. The predicted molar refractivity (Wildman–Crippen MR) is 78.3 cm³/mol. The molecule has 0 bridgehead atoms. The Balaban J connectivity index is 2.48. The minimum atomic E-state index is 0.463. The van der Waals surface area contributed by atoms with E-state index in [1.807, 2.05) is 0 Å². The topological polar surface area (TPSA) is 17.8 Å². The Bertz CT molecular complexity index is 531. The first-order chi connectivity index (χ1) is 8.67. The number of unbranched alkanes of at least 4 members (excludes halogenated alkanes) is 1. The highest BCUT2D eigenvalue weighted by atomic mass is 35.5. The molecule has 2 aromatic rings. The van der Waals surface area contributed by atoms with Gasteiger partial charge in [-0.1, -0.05) is 25.8 Å². The fraction of sp³-hybridized carbons (Fsp3) is 0.533. The van der Waals surface area contributed by atoms with Crippen molar-refractivity contribution in [3.8, 4) is 0 Å². The van der Waals surface area contributed by atoms with Crippen LogP contribution >= 0.6 is 11.6 Å². The van der Waals surface area contributed by atoms with Crippen LogP contribution in [0.25, 0.3) is 11.0 Å². The summed E-state index contributed by atoms with van der Waals surface area (Å²) in [4.78, 5) is 4.63. The monoisotopic (exact) mass is 264 g/mol. The van der Waals surface area contributed by atoms with Gasteiger partial charge in [-0.25, -0.2) is 4.98 Å². The largest absolute Gasteiger partial charge is 0.324 e. The molecule has 0 aliphatic rings. The lowest BCUT2D eigenvalue weighted by atomic mass is 10.1. The van der Waals surface area contributed by atoms with Crippen molar-refractivity contribution in [2.24, 2.45) is 0 Å². The second kappa shape index (κ2) is 5.75. The highest BCUT2D eigenvalue weighted by molar-refractivity contribution is 6.16. The molecular formula is C15H21ClN2. The highest BCUT2D eigenvalue weighted by Gasteiger charge is 2.14. The maximum Gasteiger partial charge on any atom is 0.125 e. The Labute approximate surface area is 114 Å². The molecule has 2 nitrogen and oxygen atoms in total. The Kier molecular flexibility index (Phi) is 4.28. The molecule has 98 valence electrons. The lowest BCUT2D eigenvalue weighted by Crippen LogP contribution is -2.08. The summed E-state index contributed by atoms with van der Waals surface area (Å²) >= 11 is 6.04. The molecule has 1 heterocycles. The van der Waals surface area contributed by atoms with Gasteiger partial charge < -0.3 is 4.57 Å². The maximum atomic E-state index is 6.04. The molecule has 18 heavy (non-hydrogen) atoms. The third-order valence-corrected chi connectivity index (χ3v) is 3.69. The van der Waals surface area contributed by atoms with Crippen molar-refractivity contribution in [3.63, 3.8) is 0 Å². The third-order valence-electron chi connectivity index (χ3n) is 3.45. The van der Waals surface area contributed by atoms with Crippen molar-refractivity contribution >= 4 is 22.6 Å². The van der Waals surface area contributed by atoms with Gasteiger partial charge in [-0.2, -0.15) is 0 Å². The smallest absolute Gasteiger partial charge is 0.125 e. The van der Waals surface area contributed by atoms with E-state index in [9.17, 15) is 0 Å². The molecule has 1 unspecified atom stereocenters. The van der Waals surface area contributed by atoms with Crippen molar-refractivity contribution in [2.45, 2.75) is 52.0 Å². The third kappa shape index (κ3) is 2.54. The van der Waals surface area contributed by atoms with Crippen molar-refractivity contribution in [2.75, 3.05) is 0 Å². The van der Waals surface area contributed by atoms with E-state index in [4.69, 9.17) is 11.6 Å². The molecule has 0 spiro atoms. The number of halogens is 1. The summed E-state index contributed by atoms with van der Waals surface area (Å²) in [6.45, 7) is 6.61. The number of rotatable bonds is 5. The lowest BCUT2D eigenvalue weighted by Gasteiger charge is -2.16. The van der Waals surface area contributed by atoms with E-state index < -0.39 is 0 Å². The average molecular weight is 265 g/mol. The zero-order valence-electron chi connectivity index (χ0n) is 11.4. The number of benzene rings is 1. The molecule has 1 aromatic carbocycles. The van der Waals surface area contributed by atoms with Crippen LogP contribution in [0.3, 0.4) is 0 Å². The van der Waals surface area contributed by atoms with Crippen LogP contribution in [0.4, 0.5) is 0 Å². The number of imidazole rings is 1. The van der Waals surface area contributed by atoms with Crippen LogP contribution in [0, 0.1) is 6.92 Å². The number of aromatic nitrogens is 2. The van der Waals surface area contributed by atoms with Crippen LogP contribution in [0.1, 0.15) is 50.5 Å². The number of hydrogen-bond acceptors (Lipinski definition) is 1. The number of alkyl halides is 1. The number of aryl methyl sites for hydroxylation is 1. The predicted octanol–water partition coefficient (Wildman–Crippen LogP) is 4.83. The first-order valence-electron chi connectivity index (χ1n) is 6.70. The Morgan fingerprint density at radius 3 is 2.83 bits per heavy atom. The standard InChI is InChI=1S/C15H21ClN2/c1-4-5-6-12(3)18-14-9-11(2)7-8-13(14)17-15(18)10-16/h7-9,12H,4-6,10H2,1-3H3. The van der Waals surface area contributed by atoms with Crippen molar-refractivity contribution in [3.05, 3.63) is 29.6 Å². The Morgan fingerprint density at radius 1 is 1.39 bits per heavy atom. The molecule has 1 atom stereocenters. The molecule has 0 amide bonds. The Hall–Kier alpha value is -1.02. The summed E-state index contributed by atoms with van der Waals surface area (Å²) in [6.07, 6.45) is 3.65. The van der Waals surface area contributed by atoms with Crippen LogP contribution < -0.4 is 0 Å². The number of fused-ring (bicyclic) bond motifs is 1. The van der Waals surface area contributed by atoms with E-state index in [1.54, 1.807) is 0 Å². The molecule has 0 fully saturated rings. The van der Waals surface area contributed by atoms with Gasteiger partial charge >= 0.3 is 0 Å². The van der Waals surface area contributed by atoms with Crippen LogP contribution in [0.5, 0.6) is 0 Å².